The van der Waals surface area contributed by atoms with Crippen LogP contribution < -0.4 is 4.72 Å². The first-order valence-electron chi connectivity index (χ1n) is 10.5. The standard InChI is InChI=1S/C23H27N5O3S/c1-18-14-20(19-6-4-3-5-7-19)8-9-21(18)16-26-10-12-27(13-11-26)23(29)28-17-22(15-24-28)25-32(2,30)31/h3-9,14-15,17,25H,10-13,16H2,1-2H3. The zero-order chi connectivity index (χ0) is 22.7. The summed E-state index contributed by atoms with van der Waals surface area (Å²) in [7, 11) is -3.41. The zero-order valence-electron chi connectivity index (χ0n) is 18.2. The fourth-order valence-corrected chi connectivity index (χ4v) is 4.39. The van der Waals surface area contributed by atoms with Gasteiger partial charge in [0, 0.05) is 32.7 Å². The van der Waals surface area contributed by atoms with E-state index in [1.165, 1.54) is 39.3 Å². The Kier molecular flexibility index (Phi) is 6.29. The molecular weight excluding hydrogens is 426 g/mol. The number of nitrogens with zero attached hydrogens (tertiary/aromatic N) is 4. The maximum absolute atomic E-state index is 12.7. The molecule has 0 unspecified atom stereocenters. The van der Waals surface area contributed by atoms with E-state index in [0.29, 0.717) is 13.1 Å². The molecule has 4 rings (SSSR count). The zero-order valence-corrected chi connectivity index (χ0v) is 19.0. The highest BCUT2D eigenvalue weighted by molar-refractivity contribution is 7.92. The molecule has 32 heavy (non-hydrogen) atoms. The van der Waals surface area contributed by atoms with Crippen molar-refractivity contribution in [3.63, 3.8) is 0 Å². The SMILES string of the molecule is Cc1cc(-c2ccccc2)ccc1CN1CCN(C(=O)n2cc(NS(C)(=O)=O)cn2)CC1. The Morgan fingerprint density at radius 2 is 1.75 bits per heavy atom. The number of aromatic nitrogens is 2. The third-order valence-electron chi connectivity index (χ3n) is 5.57. The molecule has 1 aliphatic rings. The van der Waals surface area contributed by atoms with Gasteiger partial charge in [0.2, 0.25) is 10.0 Å². The van der Waals surface area contributed by atoms with E-state index < -0.39 is 10.0 Å². The highest BCUT2D eigenvalue weighted by Crippen LogP contribution is 2.23. The Balaban J connectivity index is 1.33. The second-order valence-corrected chi connectivity index (χ2v) is 9.85. The van der Waals surface area contributed by atoms with Gasteiger partial charge in [-0.2, -0.15) is 9.78 Å². The predicted octanol–water partition coefficient (Wildman–Crippen LogP) is 3.02. The Labute approximate surface area is 188 Å². The molecule has 0 atom stereocenters. The summed E-state index contributed by atoms with van der Waals surface area (Å²) in [5, 5.41) is 3.99. The summed E-state index contributed by atoms with van der Waals surface area (Å²) < 4.78 is 26.2. The van der Waals surface area contributed by atoms with Crippen LogP contribution in [0, 0.1) is 6.92 Å². The highest BCUT2D eigenvalue weighted by atomic mass is 32.2. The number of amides is 1. The smallest absolute Gasteiger partial charge is 0.320 e. The average Bonchev–Trinajstić information content (AvgIpc) is 3.22. The van der Waals surface area contributed by atoms with Gasteiger partial charge in [0.25, 0.3) is 0 Å². The van der Waals surface area contributed by atoms with E-state index >= 15 is 0 Å². The minimum atomic E-state index is -3.41. The summed E-state index contributed by atoms with van der Waals surface area (Å²) in [6.45, 7) is 5.69. The highest BCUT2D eigenvalue weighted by Gasteiger charge is 2.23. The molecule has 1 amide bonds. The predicted molar refractivity (Wildman–Crippen MR) is 125 cm³/mol. The molecule has 1 fully saturated rings. The van der Waals surface area contributed by atoms with Gasteiger partial charge in [-0.05, 0) is 29.2 Å². The van der Waals surface area contributed by atoms with Crippen LogP contribution >= 0.6 is 0 Å². The summed E-state index contributed by atoms with van der Waals surface area (Å²) in [6.07, 6.45) is 3.78. The Hall–Kier alpha value is -3.17. The van der Waals surface area contributed by atoms with E-state index in [0.717, 1.165) is 25.9 Å². The summed E-state index contributed by atoms with van der Waals surface area (Å²) in [6, 6.07) is 16.7. The lowest BCUT2D eigenvalue weighted by Crippen LogP contribution is -2.49. The number of nitrogens with one attached hydrogen (secondary N) is 1. The van der Waals surface area contributed by atoms with Crippen LogP contribution in [0.15, 0.2) is 60.9 Å². The lowest BCUT2D eigenvalue weighted by molar-refractivity contribution is 0.134. The summed E-state index contributed by atoms with van der Waals surface area (Å²) in [4.78, 5) is 16.8. The molecular formula is C23H27N5O3S. The largest absolute Gasteiger partial charge is 0.344 e. The van der Waals surface area contributed by atoms with Gasteiger partial charge in [0.15, 0.2) is 0 Å². The topological polar surface area (TPSA) is 87.5 Å². The van der Waals surface area contributed by atoms with E-state index in [1.807, 2.05) is 18.2 Å². The number of sulfonamides is 1. The van der Waals surface area contributed by atoms with Crippen LogP contribution in [0.3, 0.4) is 0 Å². The maximum Gasteiger partial charge on any atom is 0.344 e. The van der Waals surface area contributed by atoms with Crippen LogP contribution in [0.4, 0.5) is 10.5 Å². The van der Waals surface area contributed by atoms with Gasteiger partial charge in [-0.15, -0.1) is 0 Å². The molecule has 8 nitrogen and oxygen atoms in total. The molecule has 0 radical (unpaired) electrons. The summed E-state index contributed by atoms with van der Waals surface area (Å²) in [5.41, 5.74) is 5.24. The van der Waals surface area contributed by atoms with Crippen molar-refractivity contribution in [2.45, 2.75) is 13.5 Å². The van der Waals surface area contributed by atoms with E-state index in [1.54, 1.807) is 4.90 Å². The molecule has 1 aliphatic heterocycles. The van der Waals surface area contributed by atoms with Crippen molar-refractivity contribution in [3.05, 3.63) is 72.1 Å². The number of rotatable bonds is 5. The van der Waals surface area contributed by atoms with Gasteiger partial charge >= 0.3 is 6.03 Å². The number of carbonyl (C=O) groups excluding carboxylic acids is 1. The monoisotopic (exact) mass is 453 g/mol. The molecule has 168 valence electrons. The lowest BCUT2D eigenvalue weighted by atomic mass is 9.99. The third-order valence-corrected chi connectivity index (χ3v) is 6.17. The van der Waals surface area contributed by atoms with E-state index in [4.69, 9.17) is 0 Å². The molecule has 2 aromatic carbocycles. The van der Waals surface area contributed by atoms with Crippen molar-refractivity contribution in [1.82, 2.24) is 19.6 Å². The van der Waals surface area contributed by atoms with Gasteiger partial charge in [0.1, 0.15) is 0 Å². The molecule has 0 spiro atoms. The first-order chi connectivity index (χ1) is 15.3. The minimum Gasteiger partial charge on any atom is -0.320 e. The van der Waals surface area contributed by atoms with Gasteiger partial charge in [-0.25, -0.2) is 13.2 Å². The number of hydrogen-bond acceptors (Lipinski definition) is 5. The van der Waals surface area contributed by atoms with Crippen molar-refractivity contribution < 1.29 is 13.2 Å². The fourth-order valence-electron chi connectivity index (χ4n) is 3.86. The third kappa shape index (κ3) is 5.35. The normalized spacial score (nSPS) is 15.0. The van der Waals surface area contributed by atoms with Crippen LogP contribution in [0.5, 0.6) is 0 Å². The number of anilines is 1. The molecule has 9 heteroatoms. The minimum absolute atomic E-state index is 0.255. The number of hydrogen-bond donors (Lipinski definition) is 1. The first kappa shape index (κ1) is 22.0. The van der Waals surface area contributed by atoms with E-state index in [9.17, 15) is 13.2 Å². The van der Waals surface area contributed by atoms with E-state index in [-0.39, 0.29) is 11.7 Å². The van der Waals surface area contributed by atoms with Gasteiger partial charge in [-0.1, -0.05) is 48.5 Å². The molecule has 1 saturated heterocycles. The van der Waals surface area contributed by atoms with Crippen molar-refractivity contribution in [3.8, 4) is 11.1 Å². The second kappa shape index (κ2) is 9.13. The van der Waals surface area contributed by atoms with Crippen molar-refractivity contribution in [2.24, 2.45) is 0 Å². The number of aryl methyl sites for hydroxylation is 1. The first-order valence-corrected chi connectivity index (χ1v) is 12.4. The Morgan fingerprint density at radius 3 is 2.41 bits per heavy atom. The molecule has 2 heterocycles. The van der Waals surface area contributed by atoms with Crippen molar-refractivity contribution in [2.75, 3.05) is 37.2 Å². The quantitative estimate of drug-likeness (QED) is 0.642. The number of benzene rings is 2. The molecule has 3 aromatic rings. The summed E-state index contributed by atoms with van der Waals surface area (Å²) in [5.74, 6) is 0. The maximum atomic E-state index is 12.7. The molecule has 0 bridgehead atoms. The average molecular weight is 454 g/mol. The molecule has 1 N–H and O–H groups in total. The lowest BCUT2D eigenvalue weighted by Gasteiger charge is -2.34. The fraction of sp³-hybridized carbons (Fsp3) is 0.304. The Bertz CT molecular complexity index is 1200. The van der Waals surface area contributed by atoms with Crippen LogP contribution in [0.25, 0.3) is 11.1 Å². The molecule has 0 aliphatic carbocycles. The molecule has 1 aromatic heterocycles. The Morgan fingerprint density at radius 1 is 1.03 bits per heavy atom. The van der Waals surface area contributed by atoms with Crippen LogP contribution in [0.2, 0.25) is 0 Å². The second-order valence-electron chi connectivity index (χ2n) is 8.10. The van der Waals surface area contributed by atoms with Gasteiger partial charge in [0.05, 0.1) is 24.3 Å². The van der Waals surface area contributed by atoms with Crippen LogP contribution in [0.1, 0.15) is 11.1 Å². The van der Waals surface area contributed by atoms with E-state index in [2.05, 4.69) is 52.0 Å². The van der Waals surface area contributed by atoms with Gasteiger partial charge in [-0.3, -0.25) is 9.62 Å². The van der Waals surface area contributed by atoms with Crippen LogP contribution in [-0.4, -0.2) is 66.5 Å². The van der Waals surface area contributed by atoms with Crippen molar-refractivity contribution in [1.29, 1.82) is 0 Å². The molecule has 0 saturated carbocycles. The number of carbonyl (C=O) groups is 1. The van der Waals surface area contributed by atoms with Crippen LogP contribution in [-0.2, 0) is 16.6 Å². The summed E-state index contributed by atoms with van der Waals surface area (Å²) >= 11 is 0. The number of piperazine rings is 1. The van der Waals surface area contributed by atoms with Crippen molar-refractivity contribution >= 4 is 21.7 Å². The van der Waals surface area contributed by atoms with Gasteiger partial charge < -0.3 is 4.90 Å².